The third-order valence-electron chi connectivity index (χ3n) is 14.3. The summed E-state index contributed by atoms with van der Waals surface area (Å²) in [5.41, 5.74) is 5.22. The molecule has 14 nitrogen and oxygen atoms in total. The predicted octanol–water partition coefficient (Wildman–Crippen LogP) is 9.55. The van der Waals surface area contributed by atoms with Gasteiger partial charge in [0, 0.05) is 25.2 Å². The molecule has 2 saturated heterocycles. The number of rotatable bonds is 11. The number of aromatic amines is 2. The first-order chi connectivity index (χ1) is 31.9. The van der Waals surface area contributed by atoms with Crippen molar-refractivity contribution >= 4 is 46.1 Å². The Morgan fingerprint density at radius 2 is 1.09 bits per heavy atom. The summed E-state index contributed by atoms with van der Waals surface area (Å²) >= 11 is 0. The highest BCUT2D eigenvalue weighted by Gasteiger charge is 2.43. The average molecular weight is 923 g/mol. The van der Waals surface area contributed by atoms with Crippen molar-refractivity contribution in [1.82, 2.24) is 40.4 Å². The van der Waals surface area contributed by atoms with Crippen molar-refractivity contribution < 1.29 is 37.4 Å². The maximum atomic E-state index is 16.7. The number of carbonyl (C=O) groups is 4. The van der Waals surface area contributed by atoms with Crippen LogP contribution < -0.4 is 10.6 Å². The summed E-state index contributed by atoms with van der Waals surface area (Å²) < 4.78 is 43.1. The lowest BCUT2D eigenvalue weighted by Gasteiger charge is -2.29. The van der Waals surface area contributed by atoms with Crippen molar-refractivity contribution in [1.29, 1.82) is 0 Å². The molecule has 2 aliphatic heterocycles. The van der Waals surface area contributed by atoms with Crippen LogP contribution in [0.4, 0.5) is 18.4 Å². The number of amides is 4. The Kier molecular flexibility index (Phi) is 13.4. The highest BCUT2D eigenvalue weighted by Crippen LogP contribution is 2.55. The zero-order chi connectivity index (χ0) is 48.1. The molecule has 3 aliphatic rings. The minimum absolute atomic E-state index is 0.0991. The second-order valence-corrected chi connectivity index (χ2v) is 20.3. The number of fused-ring (bicyclic) bond motifs is 2. The lowest BCUT2D eigenvalue weighted by Crippen LogP contribution is -2.51. The van der Waals surface area contributed by atoms with Crippen LogP contribution in [0.15, 0.2) is 48.5 Å². The number of alkyl carbamates (subject to hydrolysis) is 2. The molecule has 4 heterocycles. The van der Waals surface area contributed by atoms with E-state index in [1.54, 1.807) is 9.80 Å². The highest BCUT2D eigenvalue weighted by atomic mass is 19.1. The van der Waals surface area contributed by atoms with E-state index in [1.165, 1.54) is 26.4 Å². The summed E-state index contributed by atoms with van der Waals surface area (Å²) in [4.78, 5) is 72.1. The molecule has 6 atom stereocenters. The maximum absolute atomic E-state index is 16.7. The second-order valence-electron chi connectivity index (χ2n) is 20.3. The Morgan fingerprint density at radius 1 is 0.672 bits per heavy atom. The smallest absolute Gasteiger partial charge is 0.407 e. The van der Waals surface area contributed by atoms with Gasteiger partial charge in [0.05, 0.1) is 48.4 Å². The van der Waals surface area contributed by atoms with E-state index in [-0.39, 0.29) is 46.8 Å². The molecule has 3 aromatic carbocycles. The van der Waals surface area contributed by atoms with Crippen LogP contribution in [0.1, 0.15) is 151 Å². The van der Waals surface area contributed by atoms with Crippen molar-refractivity contribution in [2.45, 2.75) is 134 Å². The third kappa shape index (κ3) is 9.32. The van der Waals surface area contributed by atoms with Gasteiger partial charge in [0.2, 0.25) is 11.8 Å². The largest absolute Gasteiger partial charge is 0.453 e. The number of hydrogen-bond donors (Lipinski definition) is 4. The molecular formula is C51H64F2N8O6. The molecule has 2 unspecified atom stereocenters. The lowest BCUT2D eigenvalue weighted by molar-refractivity contribution is -0.136. The molecule has 3 fully saturated rings. The molecule has 358 valence electrons. The molecule has 67 heavy (non-hydrogen) atoms. The van der Waals surface area contributed by atoms with Gasteiger partial charge in [-0.2, -0.15) is 0 Å². The molecule has 16 heteroatoms. The summed E-state index contributed by atoms with van der Waals surface area (Å²) in [6.45, 7) is 14.9. The van der Waals surface area contributed by atoms with Gasteiger partial charge >= 0.3 is 12.2 Å². The predicted molar refractivity (Wildman–Crippen MR) is 250 cm³/mol. The molecule has 0 radical (unpaired) electrons. The summed E-state index contributed by atoms with van der Waals surface area (Å²) in [5.74, 6) is -1.49. The van der Waals surface area contributed by atoms with E-state index in [2.05, 4.69) is 65.6 Å². The number of benzene rings is 3. The number of likely N-dealkylation sites (tertiary alicyclic amines) is 2. The number of imidazole rings is 2. The van der Waals surface area contributed by atoms with Crippen molar-refractivity contribution in [2.75, 3.05) is 27.3 Å². The van der Waals surface area contributed by atoms with Crippen molar-refractivity contribution in [3.8, 4) is 0 Å². The lowest BCUT2D eigenvalue weighted by atomic mass is 9.76. The van der Waals surface area contributed by atoms with Gasteiger partial charge in [-0.3, -0.25) is 9.59 Å². The monoisotopic (exact) mass is 922 g/mol. The summed E-state index contributed by atoms with van der Waals surface area (Å²) in [6, 6.07) is 12.6. The molecule has 4 N–H and O–H groups in total. The number of halogens is 2. The third-order valence-corrected chi connectivity index (χ3v) is 14.3. The zero-order valence-electron chi connectivity index (χ0n) is 40.0. The van der Waals surface area contributed by atoms with Crippen LogP contribution >= 0.6 is 0 Å². The normalized spacial score (nSPS) is 22.0. The SMILES string of the molecule is COC(=O)N[C@H](C(=O)N1CCC[C@H]1c1nc2cc(F)c(C3CCC(c4cc5[nH]c([C@@H]6CCCN6C(=O)[C@@H](NC(=O)OC)C(C)C)nc5cc4F)C3c3ccc(C(C)(C)C)cc3)cc2[nH]1)C(C)C. The Bertz CT molecular complexity index is 2500. The Morgan fingerprint density at radius 3 is 1.46 bits per heavy atom. The quantitative estimate of drug-likeness (QED) is 0.101. The average Bonchev–Trinajstić information content (AvgIpc) is 4.15. The molecule has 5 aromatic rings. The van der Waals surface area contributed by atoms with Crippen LogP contribution in [0, 0.1) is 23.5 Å². The molecule has 8 rings (SSSR count). The van der Waals surface area contributed by atoms with Gasteiger partial charge in [-0.25, -0.2) is 28.3 Å². The molecule has 0 bridgehead atoms. The first-order valence-electron chi connectivity index (χ1n) is 23.7. The van der Waals surface area contributed by atoms with E-state index in [9.17, 15) is 19.2 Å². The number of hydrogen-bond acceptors (Lipinski definition) is 8. The molecule has 0 spiro atoms. The number of ether oxygens (including phenoxy) is 2. The van der Waals surface area contributed by atoms with E-state index >= 15 is 8.78 Å². The van der Waals surface area contributed by atoms with Crippen LogP contribution in [0.3, 0.4) is 0 Å². The topological polar surface area (TPSA) is 175 Å². The maximum Gasteiger partial charge on any atom is 0.407 e. The standard InChI is InChI=1S/C51H64F2N8O6/c1-26(2)43(58-49(64)66-8)47(62)60-20-10-12-40(60)45-54-36-22-32(34(52)24-38(36)56-45)30-18-19-31(42(30)28-14-16-29(17-15-28)51(5,6)7)33-23-37-39(25-35(33)53)57-46(55-37)41-13-11-21-61(41)48(63)44(27(3)4)59-50(65)67-9/h14-17,22-27,30-31,40-44H,10-13,18-21H2,1-9H3,(H,54,56)(H,55,57)(H,58,64)(H,59,65)/t30?,31?,40-,41-,42?,43-,44-/m0/s1. The van der Waals surface area contributed by atoms with Crippen LogP contribution in [-0.2, 0) is 24.5 Å². The Labute approximate surface area is 390 Å². The number of carbonyl (C=O) groups excluding carboxylic acids is 4. The molecule has 1 aliphatic carbocycles. The molecule has 4 amide bonds. The fourth-order valence-corrected chi connectivity index (χ4v) is 10.8. The van der Waals surface area contributed by atoms with Crippen molar-refractivity contribution in [2.24, 2.45) is 11.8 Å². The van der Waals surface area contributed by atoms with E-state index in [1.807, 2.05) is 39.8 Å². The van der Waals surface area contributed by atoms with E-state index in [0.717, 1.165) is 24.0 Å². The van der Waals surface area contributed by atoms with E-state index in [0.29, 0.717) is 83.6 Å². The molecule has 1 saturated carbocycles. The summed E-state index contributed by atoms with van der Waals surface area (Å²) in [5, 5.41) is 5.37. The van der Waals surface area contributed by atoms with Gasteiger partial charge in [-0.15, -0.1) is 0 Å². The van der Waals surface area contributed by atoms with Gasteiger partial charge in [-0.1, -0.05) is 72.7 Å². The number of H-pyrrole nitrogens is 2. The minimum Gasteiger partial charge on any atom is -0.453 e. The second kappa shape index (κ2) is 18.9. The Balaban J connectivity index is 1.12. The van der Waals surface area contributed by atoms with E-state index in [4.69, 9.17) is 19.4 Å². The van der Waals surface area contributed by atoms with Gasteiger partial charge in [0.1, 0.15) is 35.4 Å². The van der Waals surface area contributed by atoms with Crippen LogP contribution in [0.2, 0.25) is 0 Å². The highest BCUT2D eigenvalue weighted by molar-refractivity contribution is 5.87. The Hall–Kier alpha value is -6.06. The van der Waals surface area contributed by atoms with E-state index < -0.39 is 48.0 Å². The van der Waals surface area contributed by atoms with Crippen LogP contribution in [0.5, 0.6) is 0 Å². The molecular weight excluding hydrogens is 859 g/mol. The van der Waals surface area contributed by atoms with Crippen LogP contribution in [-0.4, -0.2) is 93.1 Å². The summed E-state index contributed by atoms with van der Waals surface area (Å²) in [7, 11) is 2.52. The number of nitrogens with zero attached hydrogens (tertiary/aromatic N) is 4. The minimum atomic E-state index is -0.791. The fourth-order valence-electron chi connectivity index (χ4n) is 10.8. The van der Waals surface area contributed by atoms with Gasteiger partial charge in [0.15, 0.2) is 0 Å². The number of nitrogens with one attached hydrogen (secondary N) is 4. The first kappa shape index (κ1) is 47.4. The van der Waals surface area contributed by atoms with Crippen LogP contribution in [0.25, 0.3) is 22.1 Å². The number of aromatic nitrogens is 4. The van der Waals surface area contributed by atoms with Gasteiger partial charge in [-0.05, 0) is 108 Å². The van der Waals surface area contributed by atoms with Gasteiger partial charge < -0.3 is 39.9 Å². The van der Waals surface area contributed by atoms with Gasteiger partial charge in [0.25, 0.3) is 0 Å². The summed E-state index contributed by atoms with van der Waals surface area (Å²) in [6.07, 6.45) is 2.61. The fraction of sp³-hybridized carbons (Fsp3) is 0.529. The van der Waals surface area contributed by atoms with Crippen molar-refractivity contribution in [3.63, 3.8) is 0 Å². The van der Waals surface area contributed by atoms with Crippen molar-refractivity contribution in [3.05, 3.63) is 94.1 Å². The first-order valence-corrected chi connectivity index (χ1v) is 23.7. The molecule has 2 aromatic heterocycles. The zero-order valence-corrected chi connectivity index (χ0v) is 40.0. The number of methoxy groups -OCH3 is 2.